The molecule has 0 unspecified atom stereocenters. The van der Waals surface area contributed by atoms with Crippen LogP contribution in [0.3, 0.4) is 0 Å². The zero-order valence-electron chi connectivity index (χ0n) is 9.33. The Morgan fingerprint density at radius 2 is 1.94 bits per heavy atom. The molecule has 2 amide bonds. The fourth-order valence-electron chi connectivity index (χ4n) is 1.62. The van der Waals surface area contributed by atoms with Crippen molar-refractivity contribution in [2.24, 2.45) is 11.7 Å². The number of nitrogens with zero attached hydrogens (tertiary/aromatic N) is 1. The van der Waals surface area contributed by atoms with Crippen LogP contribution in [0.4, 0.5) is 4.79 Å². The highest BCUT2D eigenvalue weighted by Crippen LogP contribution is 2.16. The normalized spacial score (nSPS) is 15.2. The van der Waals surface area contributed by atoms with E-state index >= 15 is 0 Å². The van der Waals surface area contributed by atoms with E-state index in [4.69, 9.17) is 10.5 Å². The Bertz CT molecular complexity index is 413. The van der Waals surface area contributed by atoms with E-state index in [2.05, 4.69) is 0 Å². The lowest BCUT2D eigenvalue weighted by Gasteiger charge is -2.36. The van der Waals surface area contributed by atoms with E-state index in [1.165, 1.54) is 4.90 Å². The van der Waals surface area contributed by atoms with E-state index in [0.717, 1.165) is 5.56 Å². The van der Waals surface area contributed by atoms with Gasteiger partial charge in [-0.1, -0.05) is 30.3 Å². The summed E-state index contributed by atoms with van der Waals surface area (Å²) in [5, 5.41) is 0. The summed E-state index contributed by atoms with van der Waals surface area (Å²) < 4.78 is 5.09. The second-order valence-electron chi connectivity index (χ2n) is 4.04. The molecule has 2 N–H and O–H groups in total. The molecule has 1 aliphatic rings. The molecule has 1 aromatic rings. The summed E-state index contributed by atoms with van der Waals surface area (Å²) in [6.07, 6.45) is -0.397. The summed E-state index contributed by atoms with van der Waals surface area (Å²) in [5.41, 5.74) is 6.05. The fourth-order valence-corrected chi connectivity index (χ4v) is 1.62. The van der Waals surface area contributed by atoms with Gasteiger partial charge in [-0.3, -0.25) is 4.79 Å². The van der Waals surface area contributed by atoms with Crippen LogP contribution in [0.15, 0.2) is 30.3 Å². The monoisotopic (exact) mass is 234 g/mol. The second kappa shape index (κ2) is 4.86. The molecule has 2 rings (SSSR count). The van der Waals surface area contributed by atoms with Gasteiger partial charge in [0.15, 0.2) is 0 Å². The molecule has 0 saturated carbocycles. The highest BCUT2D eigenvalue weighted by Gasteiger charge is 2.35. The minimum Gasteiger partial charge on any atom is -0.445 e. The van der Waals surface area contributed by atoms with Crippen LogP contribution in [-0.4, -0.2) is 30.0 Å². The van der Waals surface area contributed by atoms with Crippen molar-refractivity contribution in [2.45, 2.75) is 6.61 Å². The number of ether oxygens (including phenoxy) is 1. The molecule has 1 aliphatic heterocycles. The van der Waals surface area contributed by atoms with Crippen molar-refractivity contribution in [3.63, 3.8) is 0 Å². The maximum Gasteiger partial charge on any atom is 0.410 e. The quantitative estimate of drug-likeness (QED) is 0.838. The number of carbonyl (C=O) groups is 2. The Labute approximate surface area is 99.2 Å². The van der Waals surface area contributed by atoms with Crippen molar-refractivity contribution in [3.8, 4) is 0 Å². The van der Waals surface area contributed by atoms with Crippen LogP contribution < -0.4 is 5.73 Å². The lowest BCUT2D eigenvalue weighted by atomic mass is 10.0. The summed E-state index contributed by atoms with van der Waals surface area (Å²) in [5.74, 6) is -0.587. The SMILES string of the molecule is NC(=O)C1CN(C(=O)OCc2ccccc2)C1. The van der Waals surface area contributed by atoms with Gasteiger partial charge in [-0.05, 0) is 5.56 Å². The molecule has 0 aliphatic carbocycles. The highest BCUT2D eigenvalue weighted by atomic mass is 16.6. The van der Waals surface area contributed by atoms with Crippen molar-refractivity contribution in [1.29, 1.82) is 0 Å². The van der Waals surface area contributed by atoms with Crippen molar-refractivity contribution in [1.82, 2.24) is 4.90 Å². The first-order valence-electron chi connectivity index (χ1n) is 5.42. The van der Waals surface area contributed by atoms with Gasteiger partial charge in [0.25, 0.3) is 0 Å². The molecule has 1 heterocycles. The molecule has 0 spiro atoms. The third kappa shape index (κ3) is 2.75. The Morgan fingerprint density at radius 3 is 2.53 bits per heavy atom. The van der Waals surface area contributed by atoms with E-state index in [-0.39, 0.29) is 18.4 Å². The van der Waals surface area contributed by atoms with Gasteiger partial charge in [0, 0.05) is 13.1 Å². The van der Waals surface area contributed by atoms with Gasteiger partial charge in [0.1, 0.15) is 6.61 Å². The van der Waals surface area contributed by atoms with Gasteiger partial charge < -0.3 is 15.4 Å². The first-order valence-corrected chi connectivity index (χ1v) is 5.42. The first-order chi connectivity index (χ1) is 8.16. The van der Waals surface area contributed by atoms with Crippen LogP contribution in [-0.2, 0) is 16.1 Å². The van der Waals surface area contributed by atoms with Crippen LogP contribution in [0, 0.1) is 5.92 Å². The lowest BCUT2D eigenvalue weighted by Crippen LogP contribution is -2.54. The number of benzene rings is 1. The minimum atomic E-state index is -0.397. The molecule has 5 nitrogen and oxygen atoms in total. The molecule has 5 heteroatoms. The number of primary amides is 1. The van der Waals surface area contributed by atoms with Gasteiger partial charge in [-0.25, -0.2) is 4.79 Å². The van der Waals surface area contributed by atoms with Crippen LogP contribution in [0.1, 0.15) is 5.56 Å². The summed E-state index contributed by atoms with van der Waals surface area (Å²) in [7, 11) is 0. The molecule has 1 aromatic carbocycles. The minimum absolute atomic E-state index is 0.223. The third-order valence-corrected chi connectivity index (χ3v) is 2.75. The van der Waals surface area contributed by atoms with E-state index in [9.17, 15) is 9.59 Å². The van der Waals surface area contributed by atoms with Crippen molar-refractivity contribution in [2.75, 3.05) is 13.1 Å². The highest BCUT2D eigenvalue weighted by molar-refractivity contribution is 5.81. The Morgan fingerprint density at radius 1 is 1.29 bits per heavy atom. The number of rotatable bonds is 3. The molecular formula is C12H14N2O3. The molecule has 90 valence electrons. The molecule has 17 heavy (non-hydrogen) atoms. The first kappa shape index (κ1) is 11.4. The molecule has 0 radical (unpaired) electrons. The fraction of sp³-hybridized carbons (Fsp3) is 0.333. The summed E-state index contributed by atoms with van der Waals surface area (Å²) in [6.45, 7) is 0.976. The van der Waals surface area contributed by atoms with E-state index < -0.39 is 6.09 Å². The maximum absolute atomic E-state index is 11.5. The predicted octanol–water partition coefficient (Wildman–Crippen LogP) is 0.740. The van der Waals surface area contributed by atoms with Crippen LogP contribution in [0.2, 0.25) is 0 Å². The lowest BCUT2D eigenvalue weighted by molar-refractivity contribution is -0.126. The molecule has 0 bridgehead atoms. The largest absolute Gasteiger partial charge is 0.445 e. The number of likely N-dealkylation sites (tertiary alicyclic amines) is 1. The van der Waals surface area contributed by atoms with Crippen LogP contribution >= 0.6 is 0 Å². The van der Waals surface area contributed by atoms with Crippen molar-refractivity contribution >= 4 is 12.0 Å². The smallest absolute Gasteiger partial charge is 0.410 e. The predicted molar refractivity (Wildman–Crippen MR) is 60.9 cm³/mol. The van der Waals surface area contributed by atoms with Gasteiger partial charge in [-0.2, -0.15) is 0 Å². The van der Waals surface area contributed by atoms with E-state index in [1.807, 2.05) is 30.3 Å². The number of hydrogen-bond donors (Lipinski definition) is 1. The van der Waals surface area contributed by atoms with E-state index in [0.29, 0.717) is 13.1 Å². The molecule has 1 fully saturated rings. The van der Waals surface area contributed by atoms with Crippen molar-refractivity contribution < 1.29 is 14.3 Å². The van der Waals surface area contributed by atoms with Crippen LogP contribution in [0.5, 0.6) is 0 Å². The third-order valence-electron chi connectivity index (χ3n) is 2.75. The number of carbonyl (C=O) groups excluding carboxylic acids is 2. The van der Waals surface area contributed by atoms with Crippen molar-refractivity contribution in [3.05, 3.63) is 35.9 Å². The molecule has 0 aromatic heterocycles. The Hall–Kier alpha value is -2.04. The standard InChI is InChI=1S/C12H14N2O3/c13-11(15)10-6-14(7-10)12(16)17-8-9-4-2-1-3-5-9/h1-5,10H,6-8H2,(H2,13,15). The summed E-state index contributed by atoms with van der Waals surface area (Å²) in [4.78, 5) is 23.8. The summed E-state index contributed by atoms with van der Waals surface area (Å²) in [6, 6.07) is 9.44. The number of hydrogen-bond acceptors (Lipinski definition) is 3. The topological polar surface area (TPSA) is 72.6 Å². The maximum atomic E-state index is 11.5. The summed E-state index contributed by atoms with van der Waals surface area (Å²) >= 11 is 0. The second-order valence-corrected chi connectivity index (χ2v) is 4.04. The molecule has 1 saturated heterocycles. The van der Waals surface area contributed by atoms with E-state index in [1.54, 1.807) is 0 Å². The average Bonchev–Trinajstić information content (AvgIpc) is 2.25. The van der Waals surface area contributed by atoms with Gasteiger partial charge in [0.2, 0.25) is 5.91 Å². The molecule has 0 atom stereocenters. The Balaban J connectivity index is 1.74. The van der Waals surface area contributed by atoms with Crippen LogP contribution in [0.25, 0.3) is 0 Å². The molecular weight excluding hydrogens is 220 g/mol. The zero-order chi connectivity index (χ0) is 12.3. The zero-order valence-corrected chi connectivity index (χ0v) is 9.33. The van der Waals surface area contributed by atoms with Gasteiger partial charge >= 0.3 is 6.09 Å². The van der Waals surface area contributed by atoms with Gasteiger partial charge in [0.05, 0.1) is 5.92 Å². The number of nitrogens with two attached hydrogens (primary N) is 1. The average molecular weight is 234 g/mol. The Kier molecular flexibility index (Phi) is 3.27. The van der Waals surface area contributed by atoms with Gasteiger partial charge in [-0.15, -0.1) is 0 Å². The number of amides is 2.